The Bertz CT molecular complexity index is 134. The highest BCUT2D eigenvalue weighted by Crippen LogP contribution is 1.73. The highest BCUT2D eigenvalue weighted by molar-refractivity contribution is 5.71. The smallest absolute Gasteiger partial charge is 0.332 e. The van der Waals surface area contributed by atoms with Crippen molar-refractivity contribution in [2.45, 2.75) is 26.1 Å². The van der Waals surface area contributed by atoms with Gasteiger partial charge in [-0.3, -0.25) is 0 Å². The van der Waals surface area contributed by atoms with Crippen molar-refractivity contribution in [3.63, 3.8) is 0 Å². The van der Waals surface area contributed by atoms with E-state index >= 15 is 0 Å². The van der Waals surface area contributed by atoms with E-state index in [2.05, 4.69) is 0 Å². The van der Waals surface area contributed by atoms with Crippen LogP contribution in [0.25, 0.3) is 0 Å². The Balaban J connectivity index is -0.0000000625. The first-order valence-electron chi connectivity index (χ1n) is 3.10. The standard InChI is InChI=1S/2C3H6O3.2H2O/c2*1-2(4)3(5)6;;/h2*2,4H,1H3,(H,5,6);2*1H2. The summed E-state index contributed by atoms with van der Waals surface area (Å²) in [5.74, 6) is -2.37. The molecule has 0 aliphatic heterocycles. The average molecular weight is 216 g/mol. The second-order valence-corrected chi connectivity index (χ2v) is 2.03. The number of hydrogen-bond acceptors (Lipinski definition) is 4. The number of carboxylic acid groups (broad SMARTS) is 2. The summed E-state index contributed by atoms with van der Waals surface area (Å²) in [6.07, 6.45) is -2.46. The monoisotopic (exact) mass is 216 g/mol. The summed E-state index contributed by atoms with van der Waals surface area (Å²) < 4.78 is 0. The van der Waals surface area contributed by atoms with E-state index in [0.717, 1.165) is 0 Å². The van der Waals surface area contributed by atoms with Gasteiger partial charge in [0.2, 0.25) is 0 Å². The molecule has 0 aromatic heterocycles. The van der Waals surface area contributed by atoms with Gasteiger partial charge >= 0.3 is 11.9 Å². The highest BCUT2D eigenvalue weighted by atomic mass is 16.4. The fourth-order valence-electron chi connectivity index (χ4n) is 0. The minimum Gasteiger partial charge on any atom is -0.479 e. The molecule has 0 heterocycles. The van der Waals surface area contributed by atoms with Crippen LogP contribution < -0.4 is 0 Å². The number of aliphatic carboxylic acids is 2. The lowest BCUT2D eigenvalue weighted by Crippen LogP contribution is -2.13. The van der Waals surface area contributed by atoms with Crippen molar-refractivity contribution in [3.05, 3.63) is 0 Å². The van der Waals surface area contributed by atoms with Crippen LogP contribution >= 0.6 is 0 Å². The van der Waals surface area contributed by atoms with E-state index in [1.165, 1.54) is 13.8 Å². The fraction of sp³-hybridized carbons (Fsp3) is 0.667. The van der Waals surface area contributed by atoms with E-state index in [-0.39, 0.29) is 11.0 Å². The van der Waals surface area contributed by atoms with Gasteiger partial charge in [-0.15, -0.1) is 0 Å². The first kappa shape index (κ1) is 23.0. The van der Waals surface area contributed by atoms with Crippen molar-refractivity contribution in [1.29, 1.82) is 0 Å². The number of carbonyl (C=O) groups is 2. The molecule has 8 heteroatoms. The molecular weight excluding hydrogens is 200 g/mol. The maximum absolute atomic E-state index is 9.45. The van der Waals surface area contributed by atoms with Crippen LogP contribution in [0.4, 0.5) is 0 Å². The molecule has 0 saturated heterocycles. The molecule has 0 fully saturated rings. The summed E-state index contributed by atoms with van der Waals surface area (Å²) >= 11 is 0. The predicted octanol–water partition coefficient (Wildman–Crippen LogP) is -2.75. The van der Waals surface area contributed by atoms with Crippen molar-refractivity contribution < 1.29 is 41.0 Å². The molecule has 0 spiro atoms. The molecule has 0 aromatic carbocycles. The van der Waals surface area contributed by atoms with Gasteiger partial charge in [-0.25, -0.2) is 9.59 Å². The van der Waals surface area contributed by atoms with Crippen LogP contribution in [0.15, 0.2) is 0 Å². The summed E-state index contributed by atoms with van der Waals surface area (Å²) in [4.78, 5) is 18.9. The maximum Gasteiger partial charge on any atom is 0.332 e. The van der Waals surface area contributed by atoms with E-state index < -0.39 is 24.1 Å². The summed E-state index contributed by atoms with van der Waals surface area (Å²) in [5, 5.41) is 31.5. The molecule has 2 atom stereocenters. The Labute approximate surface area is 80.0 Å². The van der Waals surface area contributed by atoms with Crippen LogP contribution in [-0.4, -0.2) is 55.5 Å². The van der Waals surface area contributed by atoms with Crippen LogP contribution in [0.1, 0.15) is 13.8 Å². The van der Waals surface area contributed by atoms with Crippen molar-refractivity contribution in [2.24, 2.45) is 0 Å². The topological polar surface area (TPSA) is 178 Å². The zero-order chi connectivity index (χ0) is 10.3. The van der Waals surface area contributed by atoms with Crippen LogP contribution in [0, 0.1) is 0 Å². The molecule has 0 amide bonds. The van der Waals surface area contributed by atoms with Gasteiger partial charge in [-0.05, 0) is 13.8 Å². The van der Waals surface area contributed by atoms with Gasteiger partial charge in [-0.1, -0.05) is 0 Å². The largest absolute Gasteiger partial charge is 0.479 e. The molecule has 0 saturated carbocycles. The summed E-state index contributed by atoms with van der Waals surface area (Å²) in [6.45, 7) is 2.39. The molecular formula is C6H16O8. The van der Waals surface area contributed by atoms with E-state index in [1.54, 1.807) is 0 Å². The van der Waals surface area contributed by atoms with E-state index in [4.69, 9.17) is 20.4 Å². The van der Waals surface area contributed by atoms with Gasteiger partial charge in [-0.2, -0.15) is 0 Å². The van der Waals surface area contributed by atoms with E-state index in [1.807, 2.05) is 0 Å². The first-order valence-corrected chi connectivity index (χ1v) is 3.10. The maximum atomic E-state index is 9.45. The lowest BCUT2D eigenvalue weighted by Gasteiger charge is -1.89. The number of hydrogen-bond donors (Lipinski definition) is 4. The zero-order valence-corrected chi connectivity index (χ0v) is 7.76. The number of aliphatic hydroxyl groups is 2. The number of carboxylic acids is 2. The summed E-state index contributed by atoms with van der Waals surface area (Å²) in [7, 11) is 0. The molecule has 14 heavy (non-hydrogen) atoms. The first-order chi connectivity index (χ1) is 5.29. The second-order valence-electron chi connectivity index (χ2n) is 2.03. The van der Waals surface area contributed by atoms with Crippen molar-refractivity contribution in [3.8, 4) is 0 Å². The molecule has 8 N–H and O–H groups in total. The summed E-state index contributed by atoms with van der Waals surface area (Å²) in [6, 6.07) is 0. The SMILES string of the molecule is CC(O)C(=O)O.CC(O)C(=O)O.O.O. The lowest BCUT2D eigenvalue weighted by atomic mass is 10.4. The van der Waals surface area contributed by atoms with Gasteiger partial charge in [0.05, 0.1) is 0 Å². The molecule has 0 radical (unpaired) electrons. The molecule has 2 unspecified atom stereocenters. The Kier molecular flexibility index (Phi) is 19.4. The third-order valence-corrected chi connectivity index (χ3v) is 0.715. The predicted molar refractivity (Wildman–Crippen MR) is 45.9 cm³/mol. The van der Waals surface area contributed by atoms with E-state index in [9.17, 15) is 9.59 Å². The third kappa shape index (κ3) is 22.4. The van der Waals surface area contributed by atoms with Crippen LogP contribution in [0.3, 0.4) is 0 Å². The van der Waals surface area contributed by atoms with Gasteiger partial charge in [0.25, 0.3) is 0 Å². The second kappa shape index (κ2) is 11.8. The lowest BCUT2D eigenvalue weighted by molar-refractivity contribution is -0.146. The summed E-state index contributed by atoms with van der Waals surface area (Å²) in [5.41, 5.74) is 0. The highest BCUT2D eigenvalue weighted by Gasteiger charge is 2.01. The van der Waals surface area contributed by atoms with E-state index in [0.29, 0.717) is 0 Å². The van der Waals surface area contributed by atoms with Crippen molar-refractivity contribution in [2.75, 3.05) is 0 Å². The fourth-order valence-corrected chi connectivity index (χ4v) is 0. The van der Waals surface area contributed by atoms with Gasteiger partial charge in [0.1, 0.15) is 12.2 Å². The molecule has 0 aliphatic rings. The van der Waals surface area contributed by atoms with Crippen LogP contribution in [-0.2, 0) is 9.59 Å². The minimum atomic E-state index is -1.23. The van der Waals surface area contributed by atoms with Gasteiger partial charge < -0.3 is 31.4 Å². The molecule has 0 bridgehead atoms. The average Bonchev–Trinajstić information content (AvgIpc) is 1.88. The molecule has 0 aromatic rings. The Morgan fingerprint density at radius 3 is 0.929 bits per heavy atom. The van der Waals surface area contributed by atoms with Crippen molar-refractivity contribution in [1.82, 2.24) is 0 Å². The minimum absolute atomic E-state index is 0. The van der Waals surface area contributed by atoms with Crippen LogP contribution in [0.5, 0.6) is 0 Å². The Morgan fingerprint density at radius 1 is 0.857 bits per heavy atom. The normalized spacial score (nSPS) is 11.7. The molecule has 8 nitrogen and oxygen atoms in total. The zero-order valence-electron chi connectivity index (χ0n) is 7.76. The number of rotatable bonds is 2. The Hall–Kier alpha value is -1.22. The van der Waals surface area contributed by atoms with Gasteiger partial charge in [0, 0.05) is 0 Å². The van der Waals surface area contributed by atoms with Crippen molar-refractivity contribution >= 4 is 11.9 Å². The Morgan fingerprint density at radius 2 is 0.929 bits per heavy atom. The molecule has 0 aliphatic carbocycles. The number of aliphatic hydroxyl groups excluding tert-OH is 2. The molecule has 88 valence electrons. The van der Waals surface area contributed by atoms with Crippen LogP contribution in [0.2, 0.25) is 0 Å². The molecule has 0 rings (SSSR count). The quantitative estimate of drug-likeness (QED) is 0.388. The third-order valence-electron chi connectivity index (χ3n) is 0.715. The van der Waals surface area contributed by atoms with Gasteiger partial charge in [0.15, 0.2) is 0 Å².